The van der Waals surface area contributed by atoms with E-state index in [2.05, 4.69) is 0 Å². The van der Waals surface area contributed by atoms with Crippen LogP contribution in [0.3, 0.4) is 0 Å². The smallest absolute Gasteiger partial charge is 0.335 e. The van der Waals surface area contributed by atoms with Crippen molar-refractivity contribution in [3.05, 3.63) is 29.3 Å². The highest BCUT2D eigenvalue weighted by Crippen LogP contribution is 2.30. The molecular weight excluding hydrogens is 272 g/mol. The van der Waals surface area contributed by atoms with Crippen LogP contribution in [0.2, 0.25) is 0 Å². The van der Waals surface area contributed by atoms with Crippen LogP contribution in [0.5, 0.6) is 0 Å². The van der Waals surface area contributed by atoms with Crippen molar-refractivity contribution in [3.8, 4) is 0 Å². The summed E-state index contributed by atoms with van der Waals surface area (Å²) in [5.41, 5.74) is 1.95. The molecule has 0 saturated carbocycles. The van der Waals surface area contributed by atoms with Crippen molar-refractivity contribution in [1.82, 2.24) is 4.90 Å². The molecule has 3 rings (SSSR count). The molecule has 1 aromatic rings. The Hall–Kier alpha value is -2.08. The summed E-state index contributed by atoms with van der Waals surface area (Å²) in [4.78, 5) is 27.3. The fourth-order valence-corrected chi connectivity index (χ4v) is 2.88. The summed E-state index contributed by atoms with van der Waals surface area (Å²) in [7, 11) is 0. The second-order valence-corrected chi connectivity index (χ2v) is 5.45. The van der Waals surface area contributed by atoms with Gasteiger partial charge in [0.05, 0.1) is 24.8 Å². The minimum absolute atomic E-state index is 0.0398. The van der Waals surface area contributed by atoms with Crippen molar-refractivity contribution in [2.24, 2.45) is 0 Å². The Bertz CT molecular complexity index is 587. The zero-order valence-electron chi connectivity index (χ0n) is 11.9. The van der Waals surface area contributed by atoms with E-state index >= 15 is 0 Å². The second-order valence-electron chi connectivity index (χ2n) is 5.45. The number of urea groups is 1. The third kappa shape index (κ3) is 2.47. The first-order chi connectivity index (χ1) is 10.1. The lowest BCUT2D eigenvalue weighted by atomic mass is 10.1. The average molecular weight is 290 g/mol. The Balaban J connectivity index is 1.87. The van der Waals surface area contributed by atoms with E-state index in [1.165, 1.54) is 0 Å². The largest absolute Gasteiger partial charge is 0.478 e. The van der Waals surface area contributed by atoms with Crippen molar-refractivity contribution >= 4 is 17.7 Å². The molecular formula is C15H18N2O4. The normalized spacial score (nSPS) is 21.3. The third-order valence-corrected chi connectivity index (χ3v) is 4.07. The standard InChI is InChI=1S/C15H18N2O4/c1-10-9-21-7-6-16(10)15(20)17-5-4-11-2-3-12(14(18)19)8-13(11)17/h2-3,8,10H,4-7,9H2,1H3,(H,18,19). The molecule has 1 unspecified atom stereocenters. The maximum atomic E-state index is 12.7. The third-order valence-electron chi connectivity index (χ3n) is 4.07. The summed E-state index contributed by atoms with van der Waals surface area (Å²) in [5, 5.41) is 9.10. The van der Waals surface area contributed by atoms with Gasteiger partial charge in [0.2, 0.25) is 0 Å². The average Bonchev–Trinajstić information content (AvgIpc) is 2.90. The zero-order chi connectivity index (χ0) is 15.0. The minimum atomic E-state index is -0.975. The maximum absolute atomic E-state index is 12.7. The SMILES string of the molecule is CC1COCCN1C(=O)N1CCc2ccc(C(=O)O)cc21. The molecule has 0 aromatic heterocycles. The van der Waals surface area contributed by atoms with Gasteiger partial charge in [-0.05, 0) is 31.0 Å². The lowest BCUT2D eigenvalue weighted by Crippen LogP contribution is -2.52. The molecule has 1 N–H and O–H groups in total. The molecule has 2 aliphatic heterocycles. The van der Waals surface area contributed by atoms with E-state index in [0.29, 0.717) is 26.3 Å². The van der Waals surface area contributed by atoms with Crippen LogP contribution in [0.15, 0.2) is 18.2 Å². The van der Waals surface area contributed by atoms with Gasteiger partial charge in [-0.25, -0.2) is 9.59 Å². The fraction of sp³-hybridized carbons (Fsp3) is 0.467. The Morgan fingerprint density at radius 2 is 2.14 bits per heavy atom. The van der Waals surface area contributed by atoms with E-state index in [-0.39, 0.29) is 17.6 Å². The van der Waals surface area contributed by atoms with Gasteiger partial charge in [-0.15, -0.1) is 0 Å². The summed E-state index contributed by atoms with van der Waals surface area (Å²) in [6.45, 7) is 4.22. The number of morpholine rings is 1. The molecule has 1 aromatic carbocycles. The van der Waals surface area contributed by atoms with Crippen molar-refractivity contribution in [2.45, 2.75) is 19.4 Å². The number of fused-ring (bicyclic) bond motifs is 1. The molecule has 1 saturated heterocycles. The van der Waals surface area contributed by atoms with Gasteiger partial charge in [-0.2, -0.15) is 0 Å². The van der Waals surface area contributed by atoms with E-state index in [4.69, 9.17) is 9.84 Å². The van der Waals surface area contributed by atoms with Crippen LogP contribution in [-0.4, -0.2) is 54.4 Å². The molecule has 6 heteroatoms. The number of aromatic carboxylic acids is 1. The van der Waals surface area contributed by atoms with E-state index in [0.717, 1.165) is 17.7 Å². The van der Waals surface area contributed by atoms with E-state index in [1.54, 1.807) is 28.0 Å². The molecule has 112 valence electrons. The molecule has 6 nitrogen and oxygen atoms in total. The van der Waals surface area contributed by atoms with Gasteiger partial charge in [-0.1, -0.05) is 6.07 Å². The molecule has 1 atom stereocenters. The summed E-state index contributed by atoms with van der Waals surface area (Å²) in [5.74, 6) is -0.975. The first-order valence-electron chi connectivity index (χ1n) is 7.10. The highest BCUT2D eigenvalue weighted by atomic mass is 16.5. The number of hydrogen-bond acceptors (Lipinski definition) is 3. The van der Waals surface area contributed by atoms with Crippen LogP contribution in [0.25, 0.3) is 0 Å². The quantitative estimate of drug-likeness (QED) is 0.852. The first kappa shape index (κ1) is 13.9. The van der Waals surface area contributed by atoms with Gasteiger partial charge < -0.3 is 14.7 Å². The lowest BCUT2D eigenvalue weighted by Gasteiger charge is -2.36. The number of carbonyl (C=O) groups excluding carboxylic acids is 1. The van der Waals surface area contributed by atoms with Crippen LogP contribution in [0, 0.1) is 0 Å². The first-order valence-corrected chi connectivity index (χ1v) is 7.10. The summed E-state index contributed by atoms with van der Waals surface area (Å²) < 4.78 is 5.35. The van der Waals surface area contributed by atoms with Gasteiger partial charge in [0.25, 0.3) is 0 Å². The molecule has 2 amide bonds. The molecule has 0 aliphatic carbocycles. The topological polar surface area (TPSA) is 70.1 Å². The Morgan fingerprint density at radius 1 is 1.33 bits per heavy atom. The highest BCUT2D eigenvalue weighted by Gasteiger charge is 2.32. The van der Waals surface area contributed by atoms with E-state index in [9.17, 15) is 9.59 Å². The number of amides is 2. The van der Waals surface area contributed by atoms with Gasteiger partial charge in [-0.3, -0.25) is 4.90 Å². The monoisotopic (exact) mass is 290 g/mol. The molecule has 2 heterocycles. The molecule has 2 aliphatic rings. The zero-order valence-corrected chi connectivity index (χ0v) is 11.9. The van der Waals surface area contributed by atoms with Crippen molar-refractivity contribution < 1.29 is 19.4 Å². The molecule has 0 bridgehead atoms. The predicted octanol–water partition coefficient (Wildman–Crippen LogP) is 1.59. The van der Waals surface area contributed by atoms with E-state index < -0.39 is 5.97 Å². The van der Waals surface area contributed by atoms with Crippen LogP contribution < -0.4 is 4.90 Å². The van der Waals surface area contributed by atoms with Crippen LogP contribution in [0.1, 0.15) is 22.8 Å². The molecule has 0 radical (unpaired) electrons. The minimum Gasteiger partial charge on any atom is -0.478 e. The number of rotatable bonds is 1. The summed E-state index contributed by atoms with van der Waals surface area (Å²) in [6.07, 6.45) is 0.764. The van der Waals surface area contributed by atoms with Crippen LogP contribution in [0.4, 0.5) is 10.5 Å². The number of anilines is 1. The molecule has 21 heavy (non-hydrogen) atoms. The van der Waals surface area contributed by atoms with Crippen molar-refractivity contribution in [3.63, 3.8) is 0 Å². The Labute approximate surface area is 122 Å². The number of hydrogen-bond donors (Lipinski definition) is 1. The Kier molecular flexibility index (Phi) is 3.55. The van der Waals surface area contributed by atoms with Gasteiger partial charge >= 0.3 is 12.0 Å². The number of ether oxygens (including phenoxy) is 1. The molecule has 1 fully saturated rings. The van der Waals surface area contributed by atoms with Crippen molar-refractivity contribution in [2.75, 3.05) is 31.2 Å². The fourth-order valence-electron chi connectivity index (χ4n) is 2.88. The number of nitrogens with zero attached hydrogens (tertiary/aromatic N) is 2. The van der Waals surface area contributed by atoms with Crippen LogP contribution in [-0.2, 0) is 11.2 Å². The number of carbonyl (C=O) groups is 2. The molecule has 0 spiro atoms. The number of carboxylic acids is 1. The Morgan fingerprint density at radius 3 is 2.86 bits per heavy atom. The van der Waals surface area contributed by atoms with Crippen LogP contribution >= 0.6 is 0 Å². The van der Waals surface area contributed by atoms with Gasteiger partial charge in [0.15, 0.2) is 0 Å². The number of benzene rings is 1. The predicted molar refractivity (Wildman–Crippen MR) is 76.8 cm³/mol. The van der Waals surface area contributed by atoms with Gasteiger partial charge in [0.1, 0.15) is 0 Å². The maximum Gasteiger partial charge on any atom is 0.335 e. The highest BCUT2D eigenvalue weighted by molar-refractivity contribution is 5.97. The summed E-state index contributed by atoms with van der Waals surface area (Å²) in [6, 6.07) is 4.96. The second kappa shape index (κ2) is 5.37. The van der Waals surface area contributed by atoms with Gasteiger partial charge in [0, 0.05) is 18.8 Å². The van der Waals surface area contributed by atoms with E-state index in [1.807, 2.05) is 6.92 Å². The van der Waals surface area contributed by atoms with Crippen molar-refractivity contribution in [1.29, 1.82) is 0 Å². The number of carboxylic acid groups (broad SMARTS) is 1. The lowest BCUT2D eigenvalue weighted by molar-refractivity contribution is 0.0207. The summed E-state index contributed by atoms with van der Waals surface area (Å²) >= 11 is 0.